The first-order valence-corrected chi connectivity index (χ1v) is 8.04. The van der Waals surface area contributed by atoms with E-state index in [1.165, 1.54) is 0 Å². The van der Waals surface area contributed by atoms with Crippen molar-refractivity contribution in [3.63, 3.8) is 0 Å². The highest BCUT2D eigenvalue weighted by Crippen LogP contribution is 2.50. The van der Waals surface area contributed by atoms with Gasteiger partial charge in [0.2, 0.25) is 0 Å². The summed E-state index contributed by atoms with van der Waals surface area (Å²) >= 11 is 0. The van der Waals surface area contributed by atoms with Crippen LogP contribution in [0.3, 0.4) is 0 Å². The topological polar surface area (TPSA) is 54.7 Å². The molecule has 1 saturated carbocycles. The predicted molar refractivity (Wildman–Crippen MR) is 83.9 cm³/mol. The van der Waals surface area contributed by atoms with E-state index in [0.29, 0.717) is 13.1 Å². The van der Waals surface area contributed by atoms with Crippen molar-refractivity contribution in [2.75, 3.05) is 20.2 Å². The van der Waals surface area contributed by atoms with Gasteiger partial charge in [-0.1, -0.05) is 0 Å². The minimum atomic E-state index is -0.282. The largest absolute Gasteiger partial charge is 0.392 e. The number of ether oxygens (including phenoxy) is 1. The van der Waals surface area contributed by atoms with Crippen LogP contribution in [0.5, 0.6) is 0 Å². The third-order valence-corrected chi connectivity index (χ3v) is 6.01. The Bertz CT molecular complexity index is 585. The molecule has 2 fully saturated rings. The van der Waals surface area contributed by atoms with E-state index in [0.717, 1.165) is 36.2 Å². The number of piperidine rings is 1. The van der Waals surface area contributed by atoms with Gasteiger partial charge in [0.1, 0.15) is 0 Å². The molecule has 1 aromatic rings. The number of aromatic nitrogens is 1. The van der Waals surface area contributed by atoms with Crippen molar-refractivity contribution in [2.45, 2.75) is 45.3 Å². The van der Waals surface area contributed by atoms with Gasteiger partial charge in [0.05, 0.1) is 17.8 Å². The molecule has 1 aliphatic carbocycles. The van der Waals surface area contributed by atoms with E-state index in [4.69, 9.17) is 4.74 Å². The summed E-state index contributed by atoms with van der Waals surface area (Å²) in [6.07, 6.45) is 2.23. The quantitative estimate of drug-likeness (QED) is 0.904. The third-order valence-electron chi connectivity index (χ3n) is 6.01. The molecule has 122 valence electrons. The fourth-order valence-corrected chi connectivity index (χ4v) is 4.08. The fourth-order valence-electron chi connectivity index (χ4n) is 4.08. The highest BCUT2D eigenvalue weighted by Gasteiger charge is 2.56. The lowest BCUT2D eigenvalue weighted by Crippen LogP contribution is -2.62. The van der Waals surface area contributed by atoms with Crippen molar-refractivity contribution in [3.05, 3.63) is 23.0 Å². The van der Waals surface area contributed by atoms with Crippen LogP contribution in [0.4, 0.5) is 0 Å². The number of aryl methyl sites for hydroxylation is 1. The van der Waals surface area contributed by atoms with Crippen molar-refractivity contribution >= 4 is 5.91 Å². The molecule has 1 amide bonds. The Kier molecular flexibility index (Phi) is 3.81. The molecule has 3 rings (SSSR count). The van der Waals surface area contributed by atoms with E-state index < -0.39 is 0 Å². The number of carbonyl (C=O) groups excluding carboxylic acids is 1. The second-order valence-electron chi connectivity index (χ2n) is 6.85. The van der Waals surface area contributed by atoms with Gasteiger partial charge in [-0.05, 0) is 32.8 Å². The first-order chi connectivity index (χ1) is 10.4. The van der Waals surface area contributed by atoms with Crippen molar-refractivity contribution in [1.82, 2.24) is 9.47 Å². The van der Waals surface area contributed by atoms with Crippen LogP contribution in [0, 0.1) is 19.3 Å². The first kappa shape index (κ1) is 15.6. The van der Waals surface area contributed by atoms with Gasteiger partial charge < -0.3 is 19.3 Å². The minimum absolute atomic E-state index is 0.110. The number of methoxy groups -OCH3 is 1. The van der Waals surface area contributed by atoms with Gasteiger partial charge in [0, 0.05) is 50.5 Å². The molecular weight excluding hydrogens is 280 g/mol. The summed E-state index contributed by atoms with van der Waals surface area (Å²) in [5.41, 5.74) is 2.78. The molecule has 5 heteroatoms. The zero-order chi connectivity index (χ0) is 16.1. The highest BCUT2D eigenvalue weighted by molar-refractivity contribution is 5.95. The molecule has 1 saturated heterocycles. The molecule has 1 N–H and O–H groups in total. The van der Waals surface area contributed by atoms with Gasteiger partial charge in [-0.3, -0.25) is 4.79 Å². The molecule has 5 nitrogen and oxygen atoms in total. The number of rotatable bonds is 2. The summed E-state index contributed by atoms with van der Waals surface area (Å²) < 4.78 is 7.55. The number of aliphatic hydroxyl groups is 1. The Morgan fingerprint density at radius 3 is 2.45 bits per heavy atom. The average molecular weight is 306 g/mol. The molecule has 2 atom stereocenters. The summed E-state index contributed by atoms with van der Waals surface area (Å²) in [5, 5.41) is 10.2. The number of nitrogens with zero attached hydrogens (tertiary/aromatic N) is 2. The maximum atomic E-state index is 12.8. The Morgan fingerprint density at radius 2 is 2.00 bits per heavy atom. The maximum Gasteiger partial charge on any atom is 0.255 e. The molecule has 1 spiro atoms. The molecule has 0 aromatic carbocycles. The lowest BCUT2D eigenvalue weighted by Gasteiger charge is -2.56. The zero-order valence-corrected chi connectivity index (χ0v) is 13.9. The van der Waals surface area contributed by atoms with Crippen molar-refractivity contribution < 1.29 is 14.6 Å². The van der Waals surface area contributed by atoms with E-state index in [2.05, 4.69) is 4.57 Å². The van der Waals surface area contributed by atoms with Crippen molar-refractivity contribution in [1.29, 1.82) is 0 Å². The van der Waals surface area contributed by atoms with Gasteiger partial charge in [-0.2, -0.15) is 0 Å². The normalized spacial score (nSPS) is 27.0. The van der Waals surface area contributed by atoms with Gasteiger partial charge >= 0.3 is 0 Å². The molecule has 1 aromatic heterocycles. The monoisotopic (exact) mass is 306 g/mol. The maximum absolute atomic E-state index is 12.8. The Morgan fingerprint density at radius 1 is 1.36 bits per heavy atom. The number of hydrogen-bond donors (Lipinski definition) is 1. The Labute approximate surface area is 131 Å². The number of carbonyl (C=O) groups is 1. The van der Waals surface area contributed by atoms with E-state index in [1.807, 2.05) is 31.9 Å². The highest BCUT2D eigenvalue weighted by atomic mass is 16.5. The van der Waals surface area contributed by atoms with E-state index in [9.17, 15) is 9.90 Å². The average Bonchev–Trinajstić information content (AvgIpc) is 2.79. The summed E-state index contributed by atoms with van der Waals surface area (Å²) in [7, 11) is 3.70. The van der Waals surface area contributed by atoms with Crippen molar-refractivity contribution in [3.8, 4) is 0 Å². The van der Waals surface area contributed by atoms with E-state index in [-0.39, 0.29) is 23.5 Å². The van der Waals surface area contributed by atoms with Gasteiger partial charge in [-0.25, -0.2) is 0 Å². The molecular formula is C17H26N2O3. The molecule has 2 aliphatic rings. The third kappa shape index (κ3) is 2.10. The van der Waals surface area contributed by atoms with Crippen LogP contribution in [-0.4, -0.2) is 52.9 Å². The van der Waals surface area contributed by atoms with Crippen LogP contribution < -0.4 is 0 Å². The molecule has 1 aliphatic heterocycles. The minimum Gasteiger partial charge on any atom is -0.392 e. The summed E-state index contributed by atoms with van der Waals surface area (Å²) in [6, 6.07) is 1.97. The van der Waals surface area contributed by atoms with E-state index >= 15 is 0 Å². The fraction of sp³-hybridized carbons (Fsp3) is 0.706. The summed E-state index contributed by atoms with van der Waals surface area (Å²) in [6.45, 7) is 5.40. The summed E-state index contributed by atoms with van der Waals surface area (Å²) in [5.74, 6) is 0.110. The molecule has 2 heterocycles. The van der Waals surface area contributed by atoms with E-state index in [1.54, 1.807) is 7.11 Å². The number of aliphatic hydroxyl groups excluding tert-OH is 1. The van der Waals surface area contributed by atoms with Crippen LogP contribution in [0.1, 0.15) is 41.0 Å². The molecule has 22 heavy (non-hydrogen) atoms. The van der Waals surface area contributed by atoms with Gasteiger partial charge in [0.15, 0.2) is 0 Å². The van der Waals surface area contributed by atoms with Crippen LogP contribution >= 0.6 is 0 Å². The van der Waals surface area contributed by atoms with Crippen LogP contribution in [-0.2, 0) is 11.8 Å². The smallest absolute Gasteiger partial charge is 0.255 e. The second-order valence-corrected chi connectivity index (χ2v) is 6.85. The Hall–Kier alpha value is -1.33. The van der Waals surface area contributed by atoms with Gasteiger partial charge in [0.25, 0.3) is 5.91 Å². The number of likely N-dealkylation sites (tertiary alicyclic amines) is 1. The second kappa shape index (κ2) is 5.39. The van der Waals surface area contributed by atoms with Crippen LogP contribution in [0.25, 0.3) is 0 Å². The molecule has 0 radical (unpaired) electrons. The Balaban J connectivity index is 1.71. The lowest BCUT2D eigenvalue weighted by molar-refractivity contribution is -0.199. The predicted octanol–water partition coefficient (Wildman–Crippen LogP) is 1.64. The van der Waals surface area contributed by atoms with Crippen LogP contribution in [0.2, 0.25) is 0 Å². The van der Waals surface area contributed by atoms with Gasteiger partial charge in [-0.15, -0.1) is 0 Å². The number of amides is 1. The number of hydrogen-bond acceptors (Lipinski definition) is 3. The standard InChI is InChI=1S/C17H26N2O3/c1-11-9-13(12(2)18(11)3)16(21)19-7-5-17(6-8-19)14(20)10-15(17)22-4/h9,14-15,20H,5-8,10H2,1-4H3/t14-,15+/m1/s1. The zero-order valence-electron chi connectivity index (χ0n) is 13.9. The van der Waals surface area contributed by atoms with Crippen molar-refractivity contribution in [2.24, 2.45) is 12.5 Å². The lowest BCUT2D eigenvalue weighted by atomic mass is 9.58. The SMILES string of the molecule is CO[C@H]1C[C@@H](O)C12CCN(C(=O)c1cc(C)n(C)c1C)CC2. The summed E-state index contributed by atoms with van der Waals surface area (Å²) in [4.78, 5) is 14.7. The first-order valence-electron chi connectivity index (χ1n) is 8.04. The molecule has 0 bridgehead atoms. The molecule has 0 unspecified atom stereocenters. The van der Waals surface area contributed by atoms with Crippen LogP contribution in [0.15, 0.2) is 6.07 Å².